The summed E-state index contributed by atoms with van der Waals surface area (Å²) in [6.07, 6.45) is 3.78. The fraction of sp³-hybridized carbons (Fsp3) is 0.846. The van der Waals surface area contributed by atoms with Crippen molar-refractivity contribution in [3.05, 3.63) is 0 Å². The van der Waals surface area contributed by atoms with Crippen LogP contribution in [0.4, 0.5) is 0 Å². The van der Waals surface area contributed by atoms with Gasteiger partial charge in [0.05, 0.1) is 0 Å². The van der Waals surface area contributed by atoms with Crippen LogP contribution in [0.1, 0.15) is 32.1 Å². The zero-order valence-electron chi connectivity index (χ0n) is 11.6. The van der Waals surface area contributed by atoms with Crippen molar-refractivity contribution < 1.29 is 19.4 Å². The highest BCUT2D eigenvalue weighted by Crippen LogP contribution is 2.07. The first-order valence-corrected chi connectivity index (χ1v) is 6.87. The molecular weight excluding hydrogens is 248 g/mol. The molecule has 0 radical (unpaired) electrons. The van der Waals surface area contributed by atoms with E-state index >= 15 is 0 Å². The molecule has 0 aromatic rings. The molecule has 1 rings (SSSR count). The molecule has 0 saturated carbocycles. The van der Waals surface area contributed by atoms with Crippen LogP contribution in [-0.4, -0.2) is 61.3 Å². The van der Waals surface area contributed by atoms with Crippen molar-refractivity contribution in [3.8, 4) is 0 Å². The fourth-order valence-corrected chi connectivity index (χ4v) is 2.22. The number of rotatable bonds is 9. The third-order valence-electron chi connectivity index (χ3n) is 3.33. The summed E-state index contributed by atoms with van der Waals surface area (Å²) in [5, 5.41) is 11.6. The predicted octanol–water partition coefficient (Wildman–Crippen LogP) is 0.468. The average Bonchev–Trinajstić information content (AvgIpc) is 2.88. The van der Waals surface area contributed by atoms with Crippen LogP contribution in [0.5, 0.6) is 0 Å². The topological polar surface area (TPSA) is 78.9 Å². The number of hydrogen-bond acceptors (Lipinski definition) is 4. The Labute approximate surface area is 114 Å². The van der Waals surface area contributed by atoms with E-state index in [1.165, 1.54) is 12.8 Å². The Balaban J connectivity index is 2.23. The average molecular weight is 272 g/mol. The van der Waals surface area contributed by atoms with E-state index in [1.54, 1.807) is 7.11 Å². The highest BCUT2D eigenvalue weighted by Gasteiger charge is 2.20. The van der Waals surface area contributed by atoms with Crippen molar-refractivity contribution in [1.82, 2.24) is 10.2 Å². The number of aliphatic carboxylic acids is 1. The van der Waals surface area contributed by atoms with Gasteiger partial charge >= 0.3 is 5.97 Å². The van der Waals surface area contributed by atoms with E-state index in [9.17, 15) is 9.59 Å². The Morgan fingerprint density at radius 3 is 2.63 bits per heavy atom. The van der Waals surface area contributed by atoms with Gasteiger partial charge in [-0.25, -0.2) is 4.79 Å². The first kappa shape index (κ1) is 15.9. The molecule has 6 heteroatoms. The lowest BCUT2D eigenvalue weighted by Gasteiger charge is -2.17. The maximum Gasteiger partial charge on any atom is 0.326 e. The third-order valence-corrected chi connectivity index (χ3v) is 3.33. The molecule has 1 amide bonds. The molecule has 1 heterocycles. The number of nitrogens with one attached hydrogen (secondary N) is 1. The minimum absolute atomic E-state index is 0.184. The second kappa shape index (κ2) is 8.87. The molecule has 6 nitrogen and oxygen atoms in total. The summed E-state index contributed by atoms with van der Waals surface area (Å²) < 4.78 is 4.88. The molecule has 1 unspecified atom stereocenters. The number of carboxylic acid groups (broad SMARTS) is 1. The van der Waals surface area contributed by atoms with Gasteiger partial charge in [-0.15, -0.1) is 0 Å². The number of ether oxygens (including phenoxy) is 1. The van der Waals surface area contributed by atoms with E-state index in [0.717, 1.165) is 19.6 Å². The lowest BCUT2D eigenvalue weighted by atomic mass is 10.1. The van der Waals surface area contributed by atoms with E-state index in [4.69, 9.17) is 9.84 Å². The number of carbonyl (C=O) groups excluding carboxylic acids is 1. The van der Waals surface area contributed by atoms with Crippen LogP contribution in [-0.2, 0) is 14.3 Å². The van der Waals surface area contributed by atoms with Crippen molar-refractivity contribution in [2.24, 2.45) is 0 Å². The van der Waals surface area contributed by atoms with Crippen LogP contribution in [0.3, 0.4) is 0 Å². The number of likely N-dealkylation sites (tertiary alicyclic amines) is 1. The summed E-state index contributed by atoms with van der Waals surface area (Å²) in [6, 6.07) is -0.804. The van der Waals surface area contributed by atoms with Crippen molar-refractivity contribution >= 4 is 11.9 Å². The molecule has 1 saturated heterocycles. The summed E-state index contributed by atoms with van der Waals surface area (Å²) in [6.45, 7) is 3.32. The van der Waals surface area contributed by atoms with Crippen LogP contribution in [0, 0.1) is 0 Å². The minimum atomic E-state index is -0.981. The molecule has 0 aromatic carbocycles. The summed E-state index contributed by atoms with van der Waals surface area (Å²) in [4.78, 5) is 25.0. The molecule has 0 aliphatic carbocycles. The smallest absolute Gasteiger partial charge is 0.326 e. The highest BCUT2D eigenvalue weighted by molar-refractivity contribution is 5.83. The number of methoxy groups -OCH3 is 1. The largest absolute Gasteiger partial charge is 0.480 e. The highest BCUT2D eigenvalue weighted by atomic mass is 16.5. The molecular formula is C13H24N2O4. The van der Waals surface area contributed by atoms with Gasteiger partial charge < -0.3 is 20.1 Å². The summed E-state index contributed by atoms with van der Waals surface area (Å²) in [5.74, 6) is -1.16. The van der Waals surface area contributed by atoms with Gasteiger partial charge in [-0.1, -0.05) is 0 Å². The molecule has 0 aromatic heterocycles. The molecule has 1 aliphatic heterocycles. The second-order valence-corrected chi connectivity index (χ2v) is 4.89. The van der Waals surface area contributed by atoms with Gasteiger partial charge in [-0.3, -0.25) is 4.79 Å². The summed E-state index contributed by atoms with van der Waals surface area (Å²) in [7, 11) is 1.57. The molecule has 110 valence electrons. The van der Waals surface area contributed by atoms with Gasteiger partial charge in [-0.05, 0) is 38.8 Å². The van der Waals surface area contributed by atoms with Crippen LogP contribution in [0.2, 0.25) is 0 Å². The standard InChI is InChI=1S/C13H24N2O4/c1-19-10-4-5-11(13(17)18)14-12(16)6-9-15-7-2-3-8-15/h11H,2-10H2,1H3,(H,14,16)(H,17,18). The molecule has 1 fully saturated rings. The molecule has 0 bridgehead atoms. The van der Waals surface area contributed by atoms with Crippen LogP contribution in [0.15, 0.2) is 0 Å². The van der Waals surface area contributed by atoms with Gasteiger partial charge in [0.1, 0.15) is 6.04 Å². The van der Waals surface area contributed by atoms with Gasteiger partial charge in [-0.2, -0.15) is 0 Å². The quantitative estimate of drug-likeness (QED) is 0.596. The summed E-state index contributed by atoms with van der Waals surface area (Å²) >= 11 is 0. The van der Waals surface area contributed by atoms with Gasteiger partial charge in [0, 0.05) is 26.7 Å². The number of nitrogens with zero attached hydrogens (tertiary/aromatic N) is 1. The Bertz CT molecular complexity index is 290. The first-order valence-electron chi connectivity index (χ1n) is 6.87. The van der Waals surface area contributed by atoms with Gasteiger partial charge in [0.25, 0.3) is 0 Å². The first-order chi connectivity index (χ1) is 9.13. The third kappa shape index (κ3) is 6.54. The predicted molar refractivity (Wildman–Crippen MR) is 71.0 cm³/mol. The normalized spacial score (nSPS) is 17.3. The Morgan fingerprint density at radius 2 is 2.05 bits per heavy atom. The zero-order chi connectivity index (χ0) is 14.1. The van der Waals surface area contributed by atoms with Crippen molar-refractivity contribution in [2.75, 3.05) is 33.4 Å². The Hall–Kier alpha value is -1.14. The number of carbonyl (C=O) groups is 2. The van der Waals surface area contributed by atoms with Crippen LogP contribution in [0.25, 0.3) is 0 Å². The SMILES string of the molecule is COCCCC(NC(=O)CCN1CCCC1)C(=O)O. The van der Waals surface area contributed by atoms with Crippen molar-refractivity contribution in [2.45, 2.75) is 38.1 Å². The lowest BCUT2D eigenvalue weighted by molar-refractivity contribution is -0.142. The van der Waals surface area contributed by atoms with Gasteiger partial charge in [0.2, 0.25) is 5.91 Å². The maximum atomic E-state index is 11.7. The number of amides is 1. The van der Waals surface area contributed by atoms with Crippen molar-refractivity contribution in [1.29, 1.82) is 0 Å². The molecule has 2 N–H and O–H groups in total. The fourth-order valence-electron chi connectivity index (χ4n) is 2.22. The Kier molecular flexibility index (Phi) is 7.43. The molecule has 19 heavy (non-hydrogen) atoms. The van der Waals surface area contributed by atoms with E-state index in [1.807, 2.05) is 0 Å². The Morgan fingerprint density at radius 1 is 1.37 bits per heavy atom. The van der Waals surface area contributed by atoms with Gasteiger partial charge in [0.15, 0.2) is 0 Å². The number of hydrogen-bond donors (Lipinski definition) is 2. The van der Waals surface area contributed by atoms with E-state index in [2.05, 4.69) is 10.2 Å². The number of carboxylic acids is 1. The second-order valence-electron chi connectivity index (χ2n) is 4.89. The summed E-state index contributed by atoms with van der Waals surface area (Å²) in [5.41, 5.74) is 0. The van der Waals surface area contributed by atoms with E-state index in [0.29, 0.717) is 25.9 Å². The molecule has 1 aliphatic rings. The minimum Gasteiger partial charge on any atom is -0.480 e. The van der Waals surface area contributed by atoms with Crippen molar-refractivity contribution in [3.63, 3.8) is 0 Å². The van der Waals surface area contributed by atoms with Crippen LogP contribution >= 0.6 is 0 Å². The van der Waals surface area contributed by atoms with E-state index in [-0.39, 0.29) is 5.91 Å². The van der Waals surface area contributed by atoms with E-state index < -0.39 is 12.0 Å². The molecule has 1 atom stereocenters. The zero-order valence-corrected chi connectivity index (χ0v) is 11.6. The monoisotopic (exact) mass is 272 g/mol. The molecule has 0 spiro atoms. The van der Waals surface area contributed by atoms with Crippen LogP contribution < -0.4 is 5.32 Å². The maximum absolute atomic E-state index is 11.7. The lowest BCUT2D eigenvalue weighted by Crippen LogP contribution is -2.42.